The first-order valence-electron chi connectivity index (χ1n) is 5.22. The minimum absolute atomic E-state index is 0.0904. The van der Waals surface area contributed by atoms with Gasteiger partial charge in [0.2, 0.25) is 0 Å². The maximum Gasteiger partial charge on any atom is 0.317 e. The number of carbonyl (C=O) groups is 1. The number of benzene rings is 1. The standard InChI is InChI=1S/C12H16FNO2/c1-3-11(14(2)8-12(15)16)9-6-4-5-7-10(9)13/h4-7,11H,3,8H2,1-2H3,(H,15,16). The number of aliphatic carboxylic acids is 1. The molecule has 0 bridgehead atoms. The summed E-state index contributed by atoms with van der Waals surface area (Å²) >= 11 is 0. The van der Waals surface area contributed by atoms with Gasteiger partial charge in [0.15, 0.2) is 0 Å². The lowest BCUT2D eigenvalue weighted by atomic mass is 10.0. The van der Waals surface area contributed by atoms with Crippen LogP contribution in [0.2, 0.25) is 0 Å². The Labute approximate surface area is 94.5 Å². The largest absolute Gasteiger partial charge is 0.480 e. The molecule has 4 heteroatoms. The molecule has 1 atom stereocenters. The first-order chi connectivity index (χ1) is 7.56. The molecule has 0 spiro atoms. The predicted octanol–water partition coefficient (Wildman–Crippen LogP) is 2.29. The Bertz CT molecular complexity index is 368. The topological polar surface area (TPSA) is 40.5 Å². The summed E-state index contributed by atoms with van der Waals surface area (Å²) in [6.45, 7) is 1.82. The highest BCUT2D eigenvalue weighted by atomic mass is 19.1. The molecule has 0 fully saturated rings. The first-order valence-corrected chi connectivity index (χ1v) is 5.22. The van der Waals surface area contributed by atoms with Crippen molar-refractivity contribution in [2.75, 3.05) is 13.6 Å². The van der Waals surface area contributed by atoms with Crippen molar-refractivity contribution in [3.05, 3.63) is 35.6 Å². The average Bonchev–Trinajstić information content (AvgIpc) is 2.20. The summed E-state index contributed by atoms with van der Waals surface area (Å²) in [7, 11) is 1.69. The quantitative estimate of drug-likeness (QED) is 0.835. The monoisotopic (exact) mass is 225 g/mol. The highest BCUT2D eigenvalue weighted by Crippen LogP contribution is 2.24. The van der Waals surface area contributed by atoms with E-state index < -0.39 is 5.97 Å². The molecule has 88 valence electrons. The summed E-state index contributed by atoms with van der Waals surface area (Å²) in [5.41, 5.74) is 0.550. The van der Waals surface area contributed by atoms with Crippen LogP contribution in [-0.4, -0.2) is 29.6 Å². The van der Waals surface area contributed by atoms with Crippen LogP contribution in [0.15, 0.2) is 24.3 Å². The number of nitrogens with zero attached hydrogens (tertiary/aromatic N) is 1. The molecule has 1 rings (SSSR count). The SMILES string of the molecule is CCC(c1ccccc1F)N(C)CC(=O)O. The molecule has 0 saturated heterocycles. The van der Waals surface area contributed by atoms with Crippen LogP contribution in [0.3, 0.4) is 0 Å². The van der Waals surface area contributed by atoms with E-state index in [4.69, 9.17) is 5.11 Å². The van der Waals surface area contributed by atoms with E-state index in [2.05, 4.69) is 0 Å². The van der Waals surface area contributed by atoms with E-state index >= 15 is 0 Å². The molecule has 0 amide bonds. The summed E-state index contributed by atoms with van der Waals surface area (Å²) < 4.78 is 13.6. The second kappa shape index (κ2) is 5.61. The van der Waals surface area contributed by atoms with Gasteiger partial charge < -0.3 is 5.11 Å². The Balaban J connectivity index is 2.90. The van der Waals surface area contributed by atoms with Crippen molar-refractivity contribution < 1.29 is 14.3 Å². The molecular weight excluding hydrogens is 209 g/mol. The smallest absolute Gasteiger partial charge is 0.317 e. The van der Waals surface area contributed by atoms with E-state index in [1.807, 2.05) is 6.92 Å². The van der Waals surface area contributed by atoms with Gasteiger partial charge in [-0.05, 0) is 19.5 Å². The van der Waals surface area contributed by atoms with Crippen molar-refractivity contribution in [1.29, 1.82) is 0 Å². The van der Waals surface area contributed by atoms with Crippen LogP contribution in [0.25, 0.3) is 0 Å². The highest BCUT2D eigenvalue weighted by Gasteiger charge is 2.19. The van der Waals surface area contributed by atoms with Gasteiger partial charge in [0.05, 0.1) is 6.54 Å². The Kier molecular flexibility index (Phi) is 4.43. The minimum atomic E-state index is -0.905. The Morgan fingerprint density at radius 2 is 2.12 bits per heavy atom. The van der Waals surface area contributed by atoms with Crippen molar-refractivity contribution in [1.82, 2.24) is 4.90 Å². The summed E-state index contributed by atoms with van der Waals surface area (Å²) in [4.78, 5) is 12.3. The van der Waals surface area contributed by atoms with E-state index in [-0.39, 0.29) is 18.4 Å². The van der Waals surface area contributed by atoms with Gasteiger partial charge in [-0.15, -0.1) is 0 Å². The molecule has 1 aromatic rings. The van der Waals surface area contributed by atoms with E-state index in [9.17, 15) is 9.18 Å². The lowest BCUT2D eigenvalue weighted by Crippen LogP contribution is -2.30. The first kappa shape index (κ1) is 12.6. The molecule has 0 aliphatic carbocycles. The number of carboxylic acid groups (broad SMARTS) is 1. The fourth-order valence-electron chi connectivity index (χ4n) is 1.84. The summed E-state index contributed by atoms with van der Waals surface area (Å²) in [6.07, 6.45) is 0.671. The molecule has 0 heterocycles. The third-order valence-corrected chi connectivity index (χ3v) is 2.57. The van der Waals surface area contributed by atoms with Gasteiger partial charge in [-0.3, -0.25) is 9.69 Å². The van der Waals surface area contributed by atoms with Crippen LogP contribution in [0.5, 0.6) is 0 Å². The van der Waals surface area contributed by atoms with Gasteiger partial charge in [-0.25, -0.2) is 4.39 Å². The van der Waals surface area contributed by atoms with Gasteiger partial charge in [0.25, 0.3) is 0 Å². The summed E-state index contributed by atoms with van der Waals surface area (Å²) in [6, 6.07) is 6.28. The number of carboxylic acids is 1. The fraction of sp³-hybridized carbons (Fsp3) is 0.417. The van der Waals surface area contributed by atoms with Gasteiger partial charge >= 0.3 is 5.97 Å². The summed E-state index contributed by atoms with van der Waals surface area (Å²) in [5.74, 6) is -1.19. The Morgan fingerprint density at radius 1 is 1.50 bits per heavy atom. The summed E-state index contributed by atoms with van der Waals surface area (Å²) in [5, 5.41) is 8.71. The molecule has 1 aromatic carbocycles. The van der Waals surface area contributed by atoms with E-state index in [1.165, 1.54) is 6.07 Å². The predicted molar refractivity (Wildman–Crippen MR) is 59.7 cm³/mol. The molecule has 0 radical (unpaired) electrons. The highest BCUT2D eigenvalue weighted by molar-refractivity contribution is 5.69. The molecule has 16 heavy (non-hydrogen) atoms. The van der Waals surface area contributed by atoms with Crippen molar-refractivity contribution in [2.24, 2.45) is 0 Å². The molecule has 0 saturated carbocycles. The maximum atomic E-state index is 13.6. The maximum absolute atomic E-state index is 13.6. The van der Waals surface area contributed by atoms with Gasteiger partial charge in [0.1, 0.15) is 5.82 Å². The van der Waals surface area contributed by atoms with Gasteiger partial charge in [0, 0.05) is 11.6 Å². The van der Waals surface area contributed by atoms with Crippen LogP contribution in [0, 0.1) is 5.82 Å². The zero-order valence-electron chi connectivity index (χ0n) is 9.48. The van der Waals surface area contributed by atoms with Crippen LogP contribution >= 0.6 is 0 Å². The molecule has 0 aromatic heterocycles. The van der Waals surface area contributed by atoms with E-state index in [1.54, 1.807) is 30.1 Å². The lowest BCUT2D eigenvalue weighted by Gasteiger charge is -2.26. The fourth-order valence-corrected chi connectivity index (χ4v) is 1.84. The van der Waals surface area contributed by atoms with Crippen LogP contribution in [0.4, 0.5) is 4.39 Å². The van der Waals surface area contributed by atoms with Crippen molar-refractivity contribution in [3.63, 3.8) is 0 Å². The van der Waals surface area contributed by atoms with Crippen molar-refractivity contribution >= 4 is 5.97 Å². The average molecular weight is 225 g/mol. The molecule has 0 aliphatic rings. The van der Waals surface area contributed by atoms with Crippen LogP contribution < -0.4 is 0 Å². The molecule has 1 N–H and O–H groups in total. The Hall–Kier alpha value is -1.42. The van der Waals surface area contributed by atoms with Crippen LogP contribution in [-0.2, 0) is 4.79 Å². The number of likely N-dealkylation sites (N-methyl/N-ethyl adjacent to an activating group) is 1. The van der Waals surface area contributed by atoms with Gasteiger partial charge in [-0.2, -0.15) is 0 Å². The number of rotatable bonds is 5. The van der Waals surface area contributed by atoms with Crippen molar-refractivity contribution in [3.8, 4) is 0 Å². The molecule has 0 aliphatic heterocycles. The lowest BCUT2D eigenvalue weighted by molar-refractivity contribution is -0.138. The number of halogens is 1. The molecule has 1 unspecified atom stereocenters. The van der Waals surface area contributed by atoms with E-state index in [0.29, 0.717) is 12.0 Å². The normalized spacial score (nSPS) is 12.8. The molecule has 3 nitrogen and oxygen atoms in total. The third kappa shape index (κ3) is 3.03. The number of hydrogen-bond donors (Lipinski definition) is 1. The second-order valence-corrected chi connectivity index (χ2v) is 3.75. The zero-order chi connectivity index (χ0) is 12.1. The molecular formula is C12H16FNO2. The second-order valence-electron chi connectivity index (χ2n) is 3.75. The van der Waals surface area contributed by atoms with E-state index in [0.717, 1.165) is 0 Å². The van der Waals surface area contributed by atoms with Crippen LogP contribution in [0.1, 0.15) is 24.9 Å². The third-order valence-electron chi connectivity index (χ3n) is 2.57. The zero-order valence-corrected chi connectivity index (χ0v) is 9.48. The Morgan fingerprint density at radius 3 is 2.62 bits per heavy atom. The van der Waals surface area contributed by atoms with Crippen molar-refractivity contribution in [2.45, 2.75) is 19.4 Å². The number of hydrogen-bond acceptors (Lipinski definition) is 2. The van der Waals surface area contributed by atoms with Gasteiger partial charge in [-0.1, -0.05) is 25.1 Å². The minimum Gasteiger partial charge on any atom is -0.480 e.